The minimum atomic E-state index is -1.84. The molecule has 2 fully saturated rings. The molecular formula is C43H62ClN3O11S2. The van der Waals surface area contributed by atoms with E-state index in [1.54, 1.807) is 87.7 Å². The molecule has 2 N–H and O–H groups in total. The molecule has 4 bridgehead atoms. The van der Waals surface area contributed by atoms with Gasteiger partial charge in [-0.15, -0.1) is 0 Å². The smallest absolute Gasteiger partial charge is 0.409 e. The lowest BCUT2D eigenvalue weighted by molar-refractivity contribution is -0.162. The van der Waals surface area contributed by atoms with Gasteiger partial charge in [0.1, 0.15) is 46.5 Å². The molecule has 0 saturated carbocycles. The standard InChI is InChI=1S/C43H62ClN3O11S2/c1-24-13-12-14-34(55-11)43(53)23-33(56-41(52)45-43)28(5)39-42(7,58-39)35(22-37(50)47(9)31-20-30(19-24)21-32(54-10)38(31)44)57-40(51)29(6)46(8)36(49)18-17-27(4)60-59-26(3)16-15-25(2)48/h12-14,20-21,26-29,33-35,39,53H,15-19,22-23H2,1-11H3,(H,45,52)/b14-12+,24-13+/t26?,27?,28-,29+,33+,34-,35+,39+,42+,43+/m1/s1. The van der Waals surface area contributed by atoms with Gasteiger partial charge in [-0.3, -0.25) is 14.9 Å². The van der Waals surface area contributed by atoms with Crippen molar-refractivity contribution in [2.24, 2.45) is 5.92 Å². The number of esters is 1. The van der Waals surface area contributed by atoms with Gasteiger partial charge in [0, 0.05) is 56.9 Å². The Balaban J connectivity index is 1.61. The van der Waals surface area contributed by atoms with E-state index in [9.17, 15) is 29.1 Å². The number of ketones is 1. The molecule has 3 heterocycles. The van der Waals surface area contributed by atoms with Crippen LogP contribution in [0.5, 0.6) is 5.75 Å². The maximum Gasteiger partial charge on any atom is 0.409 e. The first kappa shape index (κ1) is 49.4. The zero-order valence-electron chi connectivity index (χ0n) is 36.6. The zero-order valence-corrected chi connectivity index (χ0v) is 39.0. The molecule has 0 radical (unpaired) electrons. The first-order valence-corrected chi connectivity index (χ1v) is 23.0. The number of rotatable bonds is 14. The van der Waals surface area contributed by atoms with Gasteiger partial charge in [0.05, 0.1) is 25.3 Å². The lowest BCUT2D eigenvalue weighted by atomic mass is 9.83. The highest BCUT2D eigenvalue weighted by Crippen LogP contribution is 2.49. The minimum Gasteiger partial charge on any atom is -0.495 e. The molecule has 1 aromatic carbocycles. The van der Waals surface area contributed by atoms with Crippen LogP contribution in [0.4, 0.5) is 10.5 Å². The van der Waals surface area contributed by atoms with Gasteiger partial charge in [0.25, 0.3) is 0 Å². The van der Waals surface area contributed by atoms with Crippen molar-refractivity contribution >= 4 is 68.5 Å². The Hall–Kier alpha value is -3.28. The number of aliphatic hydroxyl groups is 1. The predicted octanol–water partition coefficient (Wildman–Crippen LogP) is 6.82. The summed E-state index contributed by atoms with van der Waals surface area (Å²) < 4.78 is 29.4. The van der Waals surface area contributed by atoms with Crippen molar-refractivity contribution in [3.05, 3.63) is 46.5 Å². The second-order valence-electron chi connectivity index (χ2n) is 16.5. The summed E-state index contributed by atoms with van der Waals surface area (Å²) in [4.78, 5) is 68.6. The summed E-state index contributed by atoms with van der Waals surface area (Å²) in [7, 11) is 9.42. The van der Waals surface area contributed by atoms with Crippen LogP contribution in [0.2, 0.25) is 5.02 Å². The highest BCUT2D eigenvalue weighted by molar-refractivity contribution is 8.77. The van der Waals surface area contributed by atoms with E-state index >= 15 is 0 Å². The first-order chi connectivity index (χ1) is 28.1. The van der Waals surface area contributed by atoms with Crippen molar-refractivity contribution in [1.29, 1.82) is 0 Å². The maximum absolute atomic E-state index is 14.3. The number of nitrogens with one attached hydrogen (secondary N) is 1. The number of anilines is 1. The van der Waals surface area contributed by atoms with Gasteiger partial charge in [-0.25, -0.2) is 9.59 Å². The number of halogens is 1. The Morgan fingerprint density at radius 2 is 1.77 bits per heavy atom. The Kier molecular flexibility index (Phi) is 17.4. The molecule has 14 nitrogen and oxygen atoms in total. The number of allylic oxidation sites excluding steroid dienone is 3. The maximum atomic E-state index is 14.3. The fourth-order valence-corrected chi connectivity index (χ4v) is 10.2. The van der Waals surface area contributed by atoms with Crippen molar-refractivity contribution < 1.29 is 52.8 Å². The largest absolute Gasteiger partial charge is 0.495 e. The molecule has 1 aromatic rings. The Labute approximate surface area is 367 Å². The summed E-state index contributed by atoms with van der Waals surface area (Å²) in [5.74, 6) is -1.42. The van der Waals surface area contributed by atoms with Crippen molar-refractivity contribution in [1.82, 2.24) is 10.2 Å². The number of likely N-dealkylation sites (N-methyl/N-ethyl adjacent to an activating group) is 1. The molecule has 0 spiro atoms. The lowest BCUT2D eigenvalue weighted by Gasteiger charge is -2.42. The molecule has 0 aromatic heterocycles. The van der Waals surface area contributed by atoms with E-state index in [0.29, 0.717) is 35.9 Å². The monoisotopic (exact) mass is 895 g/mol. The molecule has 3 amide bonds. The number of nitrogens with zero attached hydrogens (tertiary/aromatic N) is 2. The molecule has 3 aliphatic rings. The number of Topliss-reactive ketones (excluding diaryl/α,β-unsaturated/α-hetero) is 1. The third-order valence-corrected chi connectivity index (χ3v) is 15.5. The Bertz CT molecular complexity index is 1810. The van der Waals surface area contributed by atoms with Gasteiger partial charge in [-0.1, -0.05) is 77.8 Å². The number of epoxide rings is 1. The number of hydrogen-bond acceptors (Lipinski definition) is 13. The van der Waals surface area contributed by atoms with Crippen LogP contribution < -0.4 is 15.0 Å². The molecule has 0 aliphatic carbocycles. The summed E-state index contributed by atoms with van der Waals surface area (Å²) in [6, 6.07) is 2.58. The lowest BCUT2D eigenvalue weighted by Crippen LogP contribution is -2.63. The molecule has 2 saturated heterocycles. The van der Waals surface area contributed by atoms with E-state index in [0.717, 1.165) is 17.6 Å². The molecule has 3 aliphatic heterocycles. The quantitative estimate of drug-likeness (QED) is 0.113. The number of hydrogen-bond donors (Lipinski definition) is 2. The van der Waals surface area contributed by atoms with Gasteiger partial charge in [-0.05, 0) is 64.7 Å². The van der Waals surface area contributed by atoms with E-state index in [4.69, 9.17) is 35.3 Å². The zero-order chi connectivity index (χ0) is 44.7. The van der Waals surface area contributed by atoms with Crippen molar-refractivity contribution in [3.8, 4) is 5.75 Å². The number of carbonyl (C=O) groups is 5. The fraction of sp³-hybridized carbons (Fsp3) is 0.651. The number of ether oxygens (including phenoxy) is 5. The number of alkyl carbamates (subject to hydrolysis) is 1. The van der Waals surface area contributed by atoms with Crippen molar-refractivity contribution in [3.63, 3.8) is 0 Å². The summed E-state index contributed by atoms with van der Waals surface area (Å²) in [5, 5.41) is 15.0. The third-order valence-electron chi connectivity index (χ3n) is 11.6. The number of benzene rings is 1. The number of methoxy groups -OCH3 is 2. The average molecular weight is 897 g/mol. The topological polar surface area (TPSA) is 174 Å². The van der Waals surface area contributed by atoms with Gasteiger partial charge < -0.3 is 43.4 Å². The summed E-state index contributed by atoms with van der Waals surface area (Å²) in [6.45, 7) is 12.7. The van der Waals surface area contributed by atoms with E-state index < -0.39 is 65.7 Å². The van der Waals surface area contributed by atoms with Gasteiger partial charge in [-0.2, -0.15) is 0 Å². The van der Waals surface area contributed by atoms with E-state index in [2.05, 4.69) is 12.2 Å². The van der Waals surface area contributed by atoms with Crippen LogP contribution >= 0.6 is 33.2 Å². The summed E-state index contributed by atoms with van der Waals surface area (Å²) in [5.41, 5.74) is -0.961. The molecule has 10 atom stereocenters. The highest BCUT2D eigenvalue weighted by Gasteiger charge is 2.64. The second kappa shape index (κ2) is 21.2. The highest BCUT2D eigenvalue weighted by atomic mass is 35.5. The average Bonchev–Trinajstić information content (AvgIpc) is 3.90. The molecule has 60 heavy (non-hydrogen) atoms. The minimum absolute atomic E-state index is 0.0592. The van der Waals surface area contributed by atoms with Crippen LogP contribution in [-0.4, -0.2) is 120 Å². The second-order valence-corrected chi connectivity index (χ2v) is 20.0. The molecule has 4 rings (SSSR count). The first-order valence-electron chi connectivity index (χ1n) is 20.3. The van der Waals surface area contributed by atoms with Crippen LogP contribution in [0, 0.1) is 5.92 Å². The number of amides is 3. The SMILES string of the molecule is COc1cc2cc(c1Cl)N(C)C(=O)C[C@H](OC(=O)[C@H](C)N(C)C(=O)CCC(C)SSC(C)CCC(C)=O)[C@]1(C)O[C@H]1[C@H](C)[C@@H]1C[C@@](O)(NC(=O)O1)[C@H](OC)/C=C/C=C(\C)C2. The molecular weight excluding hydrogens is 834 g/mol. The normalized spacial score (nSPS) is 30.0. The molecule has 334 valence electrons. The molecule has 2 unspecified atom stereocenters. The van der Waals surface area contributed by atoms with Crippen LogP contribution in [0.1, 0.15) is 92.6 Å². The fourth-order valence-electron chi connectivity index (χ4n) is 7.41. The van der Waals surface area contributed by atoms with Crippen LogP contribution in [-0.2, 0) is 44.5 Å². The summed E-state index contributed by atoms with van der Waals surface area (Å²) in [6.07, 6.45) is 2.97. The third kappa shape index (κ3) is 12.4. The van der Waals surface area contributed by atoms with Gasteiger partial charge in [0.15, 0.2) is 5.72 Å². The van der Waals surface area contributed by atoms with Gasteiger partial charge >= 0.3 is 12.1 Å². The van der Waals surface area contributed by atoms with Crippen molar-refractivity contribution in [2.75, 3.05) is 33.2 Å². The number of fused-ring (bicyclic) bond motifs is 5. The van der Waals surface area contributed by atoms with E-state index in [1.165, 1.54) is 24.0 Å². The van der Waals surface area contributed by atoms with Crippen LogP contribution in [0.15, 0.2) is 35.9 Å². The van der Waals surface area contributed by atoms with Crippen LogP contribution in [0.25, 0.3) is 0 Å². The molecule has 17 heteroatoms. The summed E-state index contributed by atoms with van der Waals surface area (Å²) >= 11 is 6.80. The Morgan fingerprint density at radius 1 is 1.12 bits per heavy atom. The van der Waals surface area contributed by atoms with Crippen LogP contribution in [0.3, 0.4) is 0 Å². The van der Waals surface area contributed by atoms with E-state index in [-0.39, 0.29) is 41.2 Å². The predicted molar refractivity (Wildman–Crippen MR) is 234 cm³/mol. The van der Waals surface area contributed by atoms with Gasteiger partial charge in [0.2, 0.25) is 11.8 Å². The Morgan fingerprint density at radius 3 is 2.38 bits per heavy atom. The van der Waals surface area contributed by atoms with Crippen molar-refractivity contribution in [2.45, 2.75) is 146 Å². The number of carbonyl (C=O) groups excluding carboxylic acids is 5. The van der Waals surface area contributed by atoms with E-state index in [1.807, 2.05) is 19.9 Å².